The van der Waals surface area contributed by atoms with Crippen LogP contribution in [0.25, 0.3) is 10.2 Å². The molecule has 3 rings (SSSR count). The van der Waals surface area contributed by atoms with E-state index in [4.69, 9.17) is 0 Å². The van der Waals surface area contributed by atoms with Gasteiger partial charge in [-0.25, -0.2) is 4.98 Å². The third-order valence-electron chi connectivity index (χ3n) is 3.26. The number of thiazole rings is 1. The van der Waals surface area contributed by atoms with Crippen molar-refractivity contribution in [3.8, 4) is 0 Å². The van der Waals surface area contributed by atoms with Crippen LogP contribution in [0.15, 0.2) is 48.5 Å². The smallest absolute Gasteiger partial charge is 0.234 e. The quantitative estimate of drug-likeness (QED) is 0.683. The van der Waals surface area contributed by atoms with Gasteiger partial charge in [0.2, 0.25) is 11.8 Å². The number of rotatable bonds is 6. The number of thioether (sulfide) groups is 1. The molecule has 3 aromatic rings. The first kappa shape index (κ1) is 17.4. The summed E-state index contributed by atoms with van der Waals surface area (Å²) in [6.07, 6.45) is 0. The molecular weight excluding hydrogens is 354 g/mol. The lowest BCUT2D eigenvalue weighted by atomic mass is 10.2. The minimum absolute atomic E-state index is 0.0777. The molecule has 2 aromatic carbocycles. The van der Waals surface area contributed by atoms with Crippen LogP contribution in [0.3, 0.4) is 0 Å². The predicted octanol–water partition coefficient (Wildman–Crippen LogP) is 4.13. The number of nitrogens with one attached hydrogen (secondary N) is 2. The number of aromatic nitrogens is 1. The summed E-state index contributed by atoms with van der Waals surface area (Å²) in [5, 5.41) is 6.55. The molecule has 0 aliphatic carbocycles. The number of amides is 2. The van der Waals surface area contributed by atoms with Crippen LogP contribution >= 0.6 is 23.1 Å². The first-order valence-electron chi connectivity index (χ1n) is 7.70. The topological polar surface area (TPSA) is 71.1 Å². The molecule has 0 aliphatic heterocycles. The molecule has 0 saturated heterocycles. The van der Waals surface area contributed by atoms with E-state index in [2.05, 4.69) is 21.7 Å². The second-order valence-electron chi connectivity index (χ2n) is 5.38. The van der Waals surface area contributed by atoms with E-state index in [1.807, 2.05) is 18.2 Å². The average molecular weight is 371 g/mol. The monoisotopic (exact) mass is 371 g/mol. The Balaban J connectivity index is 1.50. The maximum absolute atomic E-state index is 12.1. The largest absolute Gasteiger partial charge is 0.326 e. The zero-order chi connectivity index (χ0) is 17.6. The van der Waals surface area contributed by atoms with Crippen LogP contribution in [0.5, 0.6) is 0 Å². The molecule has 1 heterocycles. The highest BCUT2D eigenvalue weighted by molar-refractivity contribution is 7.99. The second-order valence-corrected chi connectivity index (χ2v) is 7.48. The second kappa shape index (κ2) is 8.13. The van der Waals surface area contributed by atoms with Gasteiger partial charge in [0.15, 0.2) is 0 Å². The third kappa shape index (κ3) is 5.04. The number of benzene rings is 2. The van der Waals surface area contributed by atoms with Gasteiger partial charge < -0.3 is 10.6 Å². The SMILES string of the molecule is CC(=O)Nc1cccc(NC(=O)CSCc2nc3ccccc3s2)c1. The van der Waals surface area contributed by atoms with Crippen molar-refractivity contribution < 1.29 is 9.59 Å². The fraction of sp³-hybridized carbons (Fsp3) is 0.167. The molecule has 25 heavy (non-hydrogen) atoms. The van der Waals surface area contributed by atoms with Gasteiger partial charge >= 0.3 is 0 Å². The molecule has 5 nitrogen and oxygen atoms in total. The Hall–Kier alpha value is -2.38. The Morgan fingerprint density at radius 3 is 2.60 bits per heavy atom. The number of hydrogen-bond acceptors (Lipinski definition) is 5. The van der Waals surface area contributed by atoms with Crippen molar-refractivity contribution in [2.24, 2.45) is 0 Å². The standard InChI is InChI=1S/C18H17N3O2S2/c1-12(22)19-13-5-4-6-14(9-13)20-17(23)10-24-11-18-21-15-7-2-3-8-16(15)25-18/h2-9H,10-11H2,1H3,(H,19,22)(H,20,23). The highest BCUT2D eigenvalue weighted by Gasteiger charge is 2.07. The van der Waals surface area contributed by atoms with E-state index in [1.165, 1.54) is 18.7 Å². The Kier molecular flexibility index (Phi) is 5.67. The molecule has 0 unspecified atom stereocenters. The summed E-state index contributed by atoms with van der Waals surface area (Å²) >= 11 is 3.19. The van der Waals surface area contributed by atoms with E-state index in [0.29, 0.717) is 22.9 Å². The first-order valence-corrected chi connectivity index (χ1v) is 9.67. The molecular formula is C18H17N3O2S2. The molecule has 0 aliphatic rings. The maximum atomic E-state index is 12.1. The molecule has 1 aromatic heterocycles. The lowest BCUT2D eigenvalue weighted by molar-refractivity contribution is -0.114. The minimum Gasteiger partial charge on any atom is -0.326 e. The Morgan fingerprint density at radius 2 is 1.84 bits per heavy atom. The molecule has 0 atom stereocenters. The van der Waals surface area contributed by atoms with Gasteiger partial charge in [0.1, 0.15) is 5.01 Å². The molecule has 0 saturated carbocycles. The van der Waals surface area contributed by atoms with Crippen LogP contribution in [0, 0.1) is 0 Å². The molecule has 2 amide bonds. The Morgan fingerprint density at radius 1 is 1.08 bits per heavy atom. The molecule has 0 fully saturated rings. The van der Waals surface area contributed by atoms with Gasteiger partial charge in [-0.2, -0.15) is 0 Å². The van der Waals surface area contributed by atoms with Crippen LogP contribution < -0.4 is 10.6 Å². The Bertz CT molecular complexity index is 875. The fourth-order valence-electron chi connectivity index (χ4n) is 2.29. The average Bonchev–Trinajstić information content (AvgIpc) is 2.97. The van der Waals surface area contributed by atoms with E-state index in [-0.39, 0.29) is 11.8 Å². The number of nitrogens with zero attached hydrogens (tertiary/aromatic N) is 1. The van der Waals surface area contributed by atoms with E-state index >= 15 is 0 Å². The summed E-state index contributed by atoms with van der Waals surface area (Å²) in [5.41, 5.74) is 2.33. The van der Waals surface area contributed by atoms with Crippen molar-refractivity contribution in [2.75, 3.05) is 16.4 Å². The molecule has 128 valence electrons. The molecule has 7 heteroatoms. The van der Waals surface area contributed by atoms with Crippen molar-refractivity contribution in [1.82, 2.24) is 4.98 Å². The summed E-state index contributed by atoms with van der Waals surface area (Å²) in [5.74, 6) is 0.833. The fourth-order valence-corrected chi connectivity index (χ4v) is 4.13. The third-order valence-corrected chi connectivity index (χ3v) is 5.43. The zero-order valence-corrected chi connectivity index (χ0v) is 15.2. The van der Waals surface area contributed by atoms with Gasteiger partial charge in [-0.05, 0) is 30.3 Å². The lowest BCUT2D eigenvalue weighted by Gasteiger charge is -2.07. The van der Waals surface area contributed by atoms with E-state index in [0.717, 1.165) is 15.2 Å². The van der Waals surface area contributed by atoms with E-state index < -0.39 is 0 Å². The van der Waals surface area contributed by atoms with Gasteiger partial charge in [-0.1, -0.05) is 18.2 Å². The summed E-state index contributed by atoms with van der Waals surface area (Å²) in [6, 6.07) is 15.1. The highest BCUT2D eigenvalue weighted by Crippen LogP contribution is 2.25. The lowest BCUT2D eigenvalue weighted by Crippen LogP contribution is -2.14. The van der Waals surface area contributed by atoms with Crippen LogP contribution in [-0.2, 0) is 15.3 Å². The molecule has 0 radical (unpaired) electrons. The summed E-state index contributed by atoms with van der Waals surface area (Å²) in [4.78, 5) is 27.7. The molecule has 0 bridgehead atoms. The highest BCUT2D eigenvalue weighted by atomic mass is 32.2. The van der Waals surface area contributed by atoms with E-state index in [9.17, 15) is 9.59 Å². The number of fused-ring (bicyclic) bond motifs is 1. The van der Waals surface area contributed by atoms with Gasteiger partial charge in [-0.3, -0.25) is 9.59 Å². The molecule has 2 N–H and O–H groups in total. The van der Waals surface area contributed by atoms with Crippen molar-refractivity contribution in [3.05, 3.63) is 53.5 Å². The number of carbonyl (C=O) groups excluding carboxylic acids is 2. The number of hydrogen-bond donors (Lipinski definition) is 2. The van der Waals surface area contributed by atoms with Crippen LogP contribution in [-0.4, -0.2) is 22.6 Å². The number of anilines is 2. The minimum atomic E-state index is -0.144. The number of para-hydroxylation sites is 1. The Labute approximate surface area is 153 Å². The van der Waals surface area contributed by atoms with Gasteiger partial charge in [0.25, 0.3) is 0 Å². The number of carbonyl (C=O) groups is 2. The summed E-state index contributed by atoms with van der Waals surface area (Å²) in [7, 11) is 0. The summed E-state index contributed by atoms with van der Waals surface area (Å²) < 4.78 is 1.16. The first-order chi connectivity index (χ1) is 12.1. The van der Waals surface area contributed by atoms with Crippen molar-refractivity contribution >= 4 is 56.5 Å². The molecule has 0 spiro atoms. The van der Waals surface area contributed by atoms with Gasteiger partial charge in [-0.15, -0.1) is 23.1 Å². The van der Waals surface area contributed by atoms with E-state index in [1.54, 1.807) is 35.6 Å². The van der Waals surface area contributed by atoms with Crippen LogP contribution in [0.4, 0.5) is 11.4 Å². The predicted molar refractivity (Wildman–Crippen MR) is 105 cm³/mol. The van der Waals surface area contributed by atoms with Gasteiger partial charge in [0.05, 0.1) is 16.0 Å². The zero-order valence-electron chi connectivity index (χ0n) is 13.6. The van der Waals surface area contributed by atoms with Gasteiger partial charge in [0, 0.05) is 24.1 Å². The summed E-state index contributed by atoms with van der Waals surface area (Å²) in [6.45, 7) is 1.45. The van der Waals surface area contributed by atoms with Crippen LogP contribution in [0.1, 0.15) is 11.9 Å². The maximum Gasteiger partial charge on any atom is 0.234 e. The normalized spacial score (nSPS) is 10.6. The van der Waals surface area contributed by atoms with Crippen molar-refractivity contribution in [1.29, 1.82) is 0 Å². The van der Waals surface area contributed by atoms with Crippen molar-refractivity contribution in [3.63, 3.8) is 0 Å². The van der Waals surface area contributed by atoms with Crippen molar-refractivity contribution in [2.45, 2.75) is 12.7 Å². The van der Waals surface area contributed by atoms with Crippen LogP contribution in [0.2, 0.25) is 0 Å².